The SMILES string of the molecule is Cc1ccc2c(c1)C(=O)c1ccc(O)cc1C2. The molecule has 84 valence electrons. The van der Waals surface area contributed by atoms with Crippen molar-refractivity contribution in [1.29, 1.82) is 0 Å². The molecule has 2 nitrogen and oxygen atoms in total. The summed E-state index contributed by atoms with van der Waals surface area (Å²) in [6.07, 6.45) is 0.713. The zero-order chi connectivity index (χ0) is 12.0. The van der Waals surface area contributed by atoms with Crippen LogP contribution in [0.1, 0.15) is 32.6 Å². The lowest BCUT2D eigenvalue weighted by atomic mass is 9.84. The maximum absolute atomic E-state index is 12.3. The molecule has 3 rings (SSSR count). The molecule has 0 saturated carbocycles. The molecule has 0 radical (unpaired) electrons. The predicted molar refractivity (Wildman–Crippen MR) is 65.5 cm³/mol. The molecule has 2 aromatic rings. The Morgan fingerprint density at radius 1 is 1.00 bits per heavy atom. The van der Waals surface area contributed by atoms with Gasteiger partial charge in [-0.2, -0.15) is 0 Å². The fraction of sp³-hybridized carbons (Fsp3) is 0.133. The van der Waals surface area contributed by atoms with Crippen molar-refractivity contribution in [2.45, 2.75) is 13.3 Å². The number of phenols is 1. The van der Waals surface area contributed by atoms with Crippen molar-refractivity contribution in [1.82, 2.24) is 0 Å². The normalized spacial score (nSPS) is 13.1. The van der Waals surface area contributed by atoms with Crippen LogP contribution >= 0.6 is 0 Å². The fourth-order valence-corrected chi connectivity index (χ4v) is 2.35. The van der Waals surface area contributed by atoms with Crippen LogP contribution in [0.2, 0.25) is 0 Å². The zero-order valence-corrected chi connectivity index (χ0v) is 9.53. The molecule has 0 bridgehead atoms. The highest BCUT2D eigenvalue weighted by Crippen LogP contribution is 2.29. The topological polar surface area (TPSA) is 37.3 Å². The van der Waals surface area contributed by atoms with Crippen LogP contribution in [-0.2, 0) is 6.42 Å². The Bertz CT molecular complexity index is 627. The van der Waals surface area contributed by atoms with Crippen molar-refractivity contribution in [3.8, 4) is 5.75 Å². The standard InChI is InChI=1S/C15H12O2/c1-9-2-3-10-7-11-8-12(16)4-5-13(11)15(17)14(10)6-9/h2-6,8,16H,7H2,1H3. The molecule has 0 fully saturated rings. The number of hydrogen-bond acceptors (Lipinski definition) is 2. The molecule has 1 N–H and O–H groups in total. The highest BCUT2D eigenvalue weighted by Gasteiger charge is 2.23. The summed E-state index contributed by atoms with van der Waals surface area (Å²) in [4.78, 5) is 12.3. The van der Waals surface area contributed by atoms with E-state index in [0.29, 0.717) is 12.0 Å². The van der Waals surface area contributed by atoms with Gasteiger partial charge >= 0.3 is 0 Å². The summed E-state index contributed by atoms with van der Waals surface area (Å²) in [6.45, 7) is 1.99. The van der Waals surface area contributed by atoms with Gasteiger partial charge in [-0.05, 0) is 48.7 Å². The molecule has 0 aliphatic heterocycles. The third-order valence-corrected chi connectivity index (χ3v) is 3.22. The Morgan fingerprint density at radius 3 is 2.65 bits per heavy atom. The molecule has 2 heteroatoms. The first kappa shape index (κ1) is 10.1. The number of rotatable bonds is 0. The summed E-state index contributed by atoms with van der Waals surface area (Å²) >= 11 is 0. The summed E-state index contributed by atoms with van der Waals surface area (Å²) in [5.41, 5.74) is 4.55. The van der Waals surface area contributed by atoms with Crippen molar-refractivity contribution in [2.24, 2.45) is 0 Å². The number of phenolic OH excluding ortho intramolecular Hbond substituents is 1. The molecule has 0 heterocycles. The first-order valence-corrected chi connectivity index (χ1v) is 5.61. The second kappa shape index (κ2) is 3.45. The van der Waals surface area contributed by atoms with Crippen molar-refractivity contribution in [3.63, 3.8) is 0 Å². The van der Waals surface area contributed by atoms with E-state index >= 15 is 0 Å². The first-order chi connectivity index (χ1) is 8.15. The highest BCUT2D eigenvalue weighted by molar-refractivity contribution is 6.12. The second-order valence-electron chi connectivity index (χ2n) is 4.51. The Labute approximate surface area is 99.5 Å². The van der Waals surface area contributed by atoms with Crippen LogP contribution in [0.3, 0.4) is 0 Å². The second-order valence-corrected chi connectivity index (χ2v) is 4.51. The van der Waals surface area contributed by atoms with Gasteiger partial charge in [0.2, 0.25) is 0 Å². The summed E-state index contributed by atoms with van der Waals surface area (Å²) < 4.78 is 0. The summed E-state index contributed by atoms with van der Waals surface area (Å²) in [5.74, 6) is 0.275. The molecule has 17 heavy (non-hydrogen) atoms. The highest BCUT2D eigenvalue weighted by atomic mass is 16.3. The number of ketones is 1. The average molecular weight is 224 g/mol. The molecular weight excluding hydrogens is 212 g/mol. The predicted octanol–water partition coefficient (Wildman–Crippen LogP) is 2.84. The lowest BCUT2D eigenvalue weighted by molar-refractivity contribution is 0.103. The van der Waals surface area contributed by atoms with Crippen LogP contribution in [0, 0.1) is 6.92 Å². The van der Waals surface area contributed by atoms with E-state index in [1.807, 2.05) is 25.1 Å². The van der Waals surface area contributed by atoms with Crippen molar-refractivity contribution < 1.29 is 9.90 Å². The zero-order valence-electron chi connectivity index (χ0n) is 9.53. The van der Waals surface area contributed by atoms with Gasteiger partial charge in [0.05, 0.1) is 0 Å². The molecule has 0 unspecified atom stereocenters. The van der Waals surface area contributed by atoms with Gasteiger partial charge in [-0.1, -0.05) is 17.7 Å². The molecule has 2 aromatic carbocycles. The largest absolute Gasteiger partial charge is 0.508 e. The van der Waals surface area contributed by atoms with Gasteiger partial charge in [0.15, 0.2) is 5.78 Å². The van der Waals surface area contributed by atoms with Crippen LogP contribution in [0.5, 0.6) is 5.75 Å². The van der Waals surface area contributed by atoms with E-state index in [9.17, 15) is 9.90 Å². The number of hydrogen-bond donors (Lipinski definition) is 1. The number of aryl methyl sites for hydroxylation is 1. The van der Waals surface area contributed by atoms with Gasteiger partial charge < -0.3 is 5.11 Å². The van der Waals surface area contributed by atoms with Crippen LogP contribution in [-0.4, -0.2) is 10.9 Å². The fourth-order valence-electron chi connectivity index (χ4n) is 2.35. The summed E-state index contributed by atoms with van der Waals surface area (Å²) in [5, 5.41) is 9.46. The smallest absolute Gasteiger partial charge is 0.193 e. The van der Waals surface area contributed by atoms with Gasteiger partial charge in [0.1, 0.15) is 5.75 Å². The van der Waals surface area contributed by atoms with E-state index in [0.717, 1.165) is 22.3 Å². The molecule has 0 atom stereocenters. The summed E-state index contributed by atoms with van der Waals surface area (Å²) in [6, 6.07) is 10.9. The monoisotopic (exact) mass is 224 g/mol. The van der Waals surface area contributed by atoms with Crippen LogP contribution in [0.4, 0.5) is 0 Å². The number of carbonyl (C=O) groups is 1. The third-order valence-electron chi connectivity index (χ3n) is 3.22. The Hall–Kier alpha value is -2.09. The lowest BCUT2D eigenvalue weighted by Crippen LogP contribution is -2.15. The number of benzene rings is 2. The van der Waals surface area contributed by atoms with E-state index in [4.69, 9.17) is 0 Å². The minimum atomic E-state index is 0.0601. The lowest BCUT2D eigenvalue weighted by Gasteiger charge is -2.18. The maximum Gasteiger partial charge on any atom is 0.193 e. The molecule has 1 aliphatic carbocycles. The van der Waals surface area contributed by atoms with E-state index in [-0.39, 0.29) is 11.5 Å². The van der Waals surface area contributed by atoms with E-state index < -0.39 is 0 Å². The average Bonchev–Trinajstić information content (AvgIpc) is 2.30. The van der Waals surface area contributed by atoms with Gasteiger partial charge in [-0.15, -0.1) is 0 Å². The minimum absolute atomic E-state index is 0.0601. The van der Waals surface area contributed by atoms with E-state index in [1.165, 1.54) is 0 Å². The summed E-state index contributed by atoms with van der Waals surface area (Å²) in [7, 11) is 0. The van der Waals surface area contributed by atoms with Crippen LogP contribution in [0.25, 0.3) is 0 Å². The van der Waals surface area contributed by atoms with Crippen LogP contribution < -0.4 is 0 Å². The molecular formula is C15H12O2. The molecule has 0 spiro atoms. The molecule has 0 saturated heterocycles. The first-order valence-electron chi connectivity index (χ1n) is 5.61. The van der Waals surface area contributed by atoms with Gasteiger partial charge in [0, 0.05) is 11.1 Å². The van der Waals surface area contributed by atoms with E-state index in [2.05, 4.69) is 0 Å². The number of fused-ring (bicyclic) bond motifs is 2. The van der Waals surface area contributed by atoms with Crippen molar-refractivity contribution >= 4 is 5.78 Å². The molecule has 0 amide bonds. The molecule has 0 aromatic heterocycles. The Morgan fingerprint density at radius 2 is 1.82 bits per heavy atom. The van der Waals surface area contributed by atoms with Gasteiger partial charge in [-0.25, -0.2) is 0 Å². The Kier molecular flexibility index (Phi) is 2.05. The quantitative estimate of drug-likeness (QED) is 0.637. The minimum Gasteiger partial charge on any atom is -0.508 e. The van der Waals surface area contributed by atoms with Gasteiger partial charge in [-0.3, -0.25) is 4.79 Å². The Balaban J connectivity index is 2.21. The molecule has 1 aliphatic rings. The van der Waals surface area contributed by atoms with Crippen molar-refractivity contribution in [2.75, 3.05) is 0 Å². The van der Waals surface area contributed by atoms with Gasteiger partial charge in [0.25, 0.3) is 0 Å². The van der Waals surface area contributed by atoms with Crippen LogP contribution in [0.15, 0.2) is 36.4 Å². The third kappa shape index (κ3) is 1.53. The number of carbonyl (C=O) groups excluding carboxylic acids is 1. The van der Waals surface area contributed by atoms with Crippen molar-refractivity contribution in [3.05, 3.63) is 64.2 Å². The number of aromatic hydroxyl groups is 1. The van der Waals surface area contributed by atoms with E-state index in [1.54, 1.807) is 18.2 Å². The maximum atomic E-state index is 12.3.